The van der Waals surface area contributed by atoms with Gasteiger partial charge in [-0.15, -0.1) is 0 Å². The third-order valence-electron chi connectivity index (χ3n) is 1.76. The molecule has 0 aromatic heterocycles. The summed E-state index contributed by atoms with van der Waals surface area (Å²) in [5.41, 5.74) is 0. The lowest BCUT2D eigenvalue weighted by molar-refractivity contribution is -0.150. The molecule has 0 saturated carbocycles. The molecule has 0 amide bonds. The Kier molecular flexibility index (Phi) is 5.72. The Hall–Kier alpha value is -0.570. The Morgan fingerprint density at radius 1 is 1.33 bits per heavy atom. The number of ether oxygens (including phenoxy) is 2. The first-order chi connectivity index (χ1) is 5.60. The Balaban J connectivity index is 3.59. The maximum atomic E-state index is 11.1. The lowest BCUT2D eigenvalue weighted by Gasteiger charge is -2.13. The summed E-state index contributed by atoms with van der Waals surface area (Å²) in [4.78, 5) is 11.1. The van der Waals surface area contributed by atoms with E-state index in [9.17, 15) is 4.79 Å². The van der Waals surface area contributed by atoms with Gasteiger partial charge in [-0.05, 0) is 20.3 Å². The number of carbonyl (C=O) groups excluding carboxylic acids is 1. The number of hydrogen-bond donors (Lipinski definition) is 0. The summed E-state index contributed by atoms with van der Waals surface area (Å²) in [6.07, 6.45) is 1.15. The molecule has 2 unspecified atom stereocenters. The molecular formula is C9H18O3. The molecule has 0 bridgehead atoms. The molecule has 12 heavy (non-hydrogen) atoms. The van der Waals surface area contributed by atoms with Gasteiger partial charge in [-0.1, -0.05) is 6.92 Å². The maximum Gasteiger partial charge on any atom is 0.308 e. The van der Waals surface area contributed by atoms with E-state index < -0.39 is 0 Å². The number of rotatable bonds is 5. The van der Waals surface area contributed by atoms with E-state index in [2.05, 4.69) is 0 Å². The predicted octanol–water partition coefficient (Wildman–Crippen LogP) is 1.75. The van der Waals surface area contributed by atoms with Gasteiger partial charge in [0.15, 0.2) is 0 Å². The van der Waals surface area contributed by atoms with E-state index in [1.807, 2.05) is 20.8 Å². The van der Waals surface area contributed by atoms with E-state index in [4.69, 9.17) is 9.47 Å². The molecule has 0 aliphatic rings. The van der Waals surface area contributed by atoms with Crippen molar-refractivity contribution in [2.24, 2.45) is 0 Å². The van der Waals surface area contributed by atoms with Gasteiger partial charge in [0.1, 0.15) is 0 Å². The van der Waals surface area contributed by atoms with E-state index in [0.29, 0.717) is 6.42 Å². The zero-order valence-corrected chi connectivity index (χ0v) is 8.29. The van der Waals surface area contributed by atoms with Crippen molar-refractivity contribution in [1.82, 2.24) is 0 Å². The summed E-state index contributed by atoms with van der Waals surface area (Å²) in [7, 11) is 1.58. The molecular weight excluding hydrogens is 156 g/mol. The second kappa shape index (κ2) is 6.00. The molecule has 0 radical (unpaired) electrons. The summed E-state index contributed by atoms with van der Waals surface area (Å²) >= 11 is 0. The van der Waals surface area contributed by atoms with Gasteiger partial charge in [-0.2, -0.15) is 0 Å². The molecule has 0 rings (SSSR count). The summed E-state index contributed by atoms with van der Waals surface area (Å²) in [5, 5.41) is 0. The topological polar surface area (TPSA) is 35.5 Å². The first-order valence-corrected chi connectivity index (χ1v) is 4.32. The minimum atomic E-state index is -0.182. The first kappa shape index (κ1) is 11.4. The highest BCUT2D eigenvalue weighted by Crippen LogP contribution is 2.02. The number of methoxy groups -OCH3 is 1. The quantitative estimate of drug-likeness (QED) is 0.596. The second-order valence-electron chi connectivity index (χ2n) is 2.96. The first-order valence-electron chi connectivity index (χ1n) is 4.32. The van der Waals surface area contributed by atoms with Gasteiger partial charge in [-0.3, -0.25) is 4.79 Å². The van der Waals surface area contributed by atoms with Crippen molar-refractivity contribution in [3.05, 3.63) is 0 Å². The standard InChI is InChI=1S/C9H18O3/c1-5-7(2)12-9(10)6-8(3)11-4/h7-8H,5-6H2,1-4H3. The van der Waals surface area contributed by atoms with Crippen LogP contribution in [0.1, 0.15) is 33.6 Å². The van der Waals surface area contributed by atoms with Crippen LogP contribution >= 0.6 is 0 Å². The number of esters is 1. The Morgan fingerprint density at radius 2 is 1.92 bits per heavy atom. The molecule has 3 nitrogen and oxygen atoms in total. The summed E-state index contributed by atoms with van der Waals surface area (Å²) < 4.78 is 9.99. The van der Waals surface area contributed by atoms with Crippen LogP contribution in [-0.4, -0.2) is 25.3 Å². The fraction of sp³-hybridized carbons (Fsp3) is 0.889. The van der Waals surface area contributed by atoms with Gasteiger partial charge >= 0.3 is 5.97 Å². The zero-order valence-electron chi connectivity index (χ0n) is 8.29. The lowest BCUT2D eigenvalue weighted by atomic mass is 10.3. The fourth-order valence-corrected chi connectivity index (χ4v) is 0.674. The summed E-state index contributed by atoms with van der Waals surface area (Å²) in [6, 6.07) is 0. The molecule has 0 heterocycles. The van der Waals surface area contributed by atoms with Crippen LogP contribution in [0, 0.1) is 0 Å². The minimum absolute atomic E-state index is 0.0153. The van der Waals surface area contributed by atoms with Gasteiger partial charge in [0.2, 0.25) is 0 Å². The van der Waals surface area contributed by atoms with Crippen molar-refractivity contribution in [3.63, 3.8) is 0 Å². The van der Waals surface area contributed by atoms with E-state index in [1.165, 1.54) is 0 Å². The number of carbonyl (C=O) groups is 1. The van der Waals surface area contributed by atoms with Gasteiger partial charge < -0.3 is 9.47 Å². The second-order valence-corrected chi connectivity index (χ2v) is 2.96. The monoisotopic (exact) mass is 174 g/mol. The normalized spacial score (nSPS) is 15.3. The van der Waals surface area contributed by atoms with Crippen molar-refractivity contribution >= 4 is 5.97 Å². The third kappa shape index (κ3) is 5.13. The predicted molar refractivity (Wildman–Crippen MR) is 46.9 cm³/mol. The molecule has 0 aromatic rings. The maximum absolute atomic E-state index is 11.1. The van der Waals surface area contributed by atoms with E-state index in [-0.39, 0.29) is 18.2 Å². The van der Waals surface area contributed by atoms with Crippen molar-refractivity contribution < 1.29 is 14.3 Å². The van der Waals surface area contributed by atoms with Crippen LogP contribution in [0.25, 0.3) is 0 Å². The average molecular weight is 174 g/mol. The van der Waals surface area contributed by atoms with Crippen LogP contribution < -0.4 is 0 Å². The van der Waals surface area contributed by atoms with Crippen LogP contribution in [0.5, 0.6) is 0 Å². The van der Waals surface area contributed by atoms with E-state index in [1.54, 1.807) is 7.11 Å². The summed E-state index contributed by atoms with van der Waals surface area (Å²) in [5.74, 6) is -0.182. The summed E-state index contributed by atoms with van der Waals surface area (Å²) in [6.45, 7) is 5.71. The van der Waals surface area contributed by atoms with Crippen LogP contribution in [0.3, 0.4) is 0 Å². The molecule has 0 N–H and O–H groups in total. The highest BCUT2D eigenvalue weighted by molar-refractivity contribution is 5.70. The Bertz CT molecular complexity index is 120. The number of hydrogen-bond acceptors (Lipinski definition) is 3. The SMILES string of the molecule is CCC(C)OC(=O)CC(C)OC. The van der Waals surface area contributed by atoms with Crippen molar-refractivity contribution in [2.75, 3.05) is 7.11 Å². The molecule has 2 atom stereocenters. The highest BCUT2D eigenvalue weighted by Gasteiger charge is 2.11. The van der Waals surface area contributed by atoms with Crippen LogP contribution in [0.2, 0.25) is 0 Å². The van der Waals surface area contributed by atoms with Crippen molar-refractivity contribution in [2.45, 2.75) is 45.8 Å². The van der Waals surface area contributed by atoms with Crippen LogP contribution in [0.4, 0.5) is 0 Å². The zero-order chi connectivity index (χ0) is 9.56. The van der Waals surface area contributed by atoms with E-state index >= 15 is 0 Å². The Labute approximate surface area is 74.0 Å². The van der Waals surface area contributed by atoms with Gasteiger partial charge in [0.25, 0.3) is 0 Å². The van der Waals surface area contributed by atoms with Crippen molar-refractivity contribution in [1.29, 1.82) is 0 Å². The fourth-order valence-electron chi connectivity index (χ4n) is 0.674. The Morgan fingerprint density at radius 3 is 2.33 bits per heavy atom. The van der Waals surface area contributed by atoms with Gasteiger partial charge in [0.05, 0.1) is 18.6 Å². The van der Waals surface area contributed by atoms with Crippen LogP contribution in [0.15, 0.2) is 0 Å². The van der Waals surface area contributed by atoms with Gasteiger partial charge in [0, 0.05) is 7.11 Å². The third-order valence-corrected chi connectivity index (χ3v) is 1.76. The minimum Gasteiger partial charge on any atom is -0.463 e. The molecule has 3 heteroatoms. The van der Waals surface area contributed by atoms with E-state index in [0.717, 1.165) is 6.42 Å². The molecule has 0 aliphatic carbocycles. The smallest absolute Gasteiger partial charge is 0.308 e. The molecule has 0 fully saturated rings. The largest absolute Gasteiger partial charge is 0.463 e. The molecule has 0 spiro atoms. The van der Waals surface area contributed by atoms with Gasteiger partial charge in [-0.25, -0.2) is 0 Å². The molecule has 0 aliphatic heterocycles. The van der Waals surface area contributed by atoms with Crippen LogP contribution in [-0.2, 0) is 14.3 Å². The highest BCUT2D eigenvalue weighted by atomic mass is 16.5. The lowest BCUT2D eigenvalue weighted by Crippen LogP contribution is -2.19. The average Bonchev–Trinajstić information content (AvgIpc) is 2.03. The molecule has 72 valence electrons. The molecule has 0 aromatic carbocycles. The van der Waals surface area contributed by atoms with Crippen molar-refractivity contribution in [3.8, 4) is 0 Å². The molecule has 0 saturated heterocycles.